The number of para-hydroxylation sites is 1. The van der Waals surface area contributed by atoms with Gasteiger partial charge in [0, 0.05) is 0 Å². The molecule has 0 saturated carbocycles. The quantitative estimate of drug-likeness (QED) is 0.485. The minimum absolute atomic E-state index is 0.121. The molecule has 1 aromatic rings. The summed E-state index contributed by atoms with van der Waals surface area (Å²) in [6, 6.07) is 8.79. The largest absolute Gasteiger partial charge is 0.532 e. The summed E-state index contributed by atoms with van der Waals surface area (Å²) in [5.74, 6) is -0.278. The molecule has 0 aliphatic rings. The first kappa shape index (κ1) is 17.7. The van der Waals surface area contributed by atoms with Gasteiger partial charge in [-0.15, -0.1) is 0 Å². The van der Waals surface area contributed by atoms with Crippen LogP contribution in [0.15, 0.2) is 30.3 Å². The molecule has 118 valence electrons. The Morgan fingerprint density at radius 3 is 2.48 bits per heavy atom. The molecule has 0 heterocycles. The number of hydrogen-bond donors (Lipinski definition) is 0. The van der Waals surface area contributed by atoms with E-state index in [1.807, 2.05) is 13.0 Å². The van der Waals surface area contributed by atoms with Gasteiger partial charge in [-0.05, 0) is 25.5 Å². The van der Waals surface area contributed by atoms with Crippen LogP contribution in [0, 0.1) is 0 Å². The first-order valence-electron chi connectivity index (χ1n) is 6.89. The summed E-state index contributed by atoms with van der Waals surface area (Å²) in [5, 5.41) is 0. The topological polar surface area (TPSA) is 71.1 Å². The Labute approximate surface area is 125 Å². The smallest absolute Gasteiger partial charge is 0.482 e. The average molecular weight is 316 g/mol. The SMILES string of the molecule is CCCCOP(=O)(OCC)OC(=O)COc1ccccc1. The molecule has 1 rings (SSSR count). The van der Waals surface area contributed by atoms with E-state index in [1.165, 1.54) is 0 Å². The van der Waals surface area contributed by atoms with Crippen molar-refractivity contribution in [1.82, 2.24) is 0 Å². The lowest BCUT2D eigenvalue weighted by atomic mass is 10.3. The van der Waals surface area contributed by atoms with E-state index >= 15 is 0 Å². The third-order valence-corrected chi connectivity index (χ3v) is 3.85. The maximum absolute atomic E-state index is 12.2. The molecule has 0 bridgehead atoms. The minimum Gasteiger partial charge on any atom is -0.482 e. The van der Waals surface area contributed by atoms with Crippen molar-refractivity contribution in [2.24, 2.45) is 0 Å². The van der Waals surface area contributed by atoms with Crippen molar-refractivity contribution < 1.29 is 27.7 Å². The second-order valence-electron chi connectivity index (χ2n) is 4.12. The lowest BCUT2D eigenvalue weighted by Crippen LogP contribution is -2.15. The van der Waals surface area contributed by atoms with Gasteiger partial charge in [0.25, 0.3) is 0 Å². The molecule has 1 unspecified atom stereocenters. The standard InChI is InChI=1S/C14H21O6P/c1-3-5-11-19-21(16,18-4-2)20-14(15)12-17-13-9-7-6-8-10-13/h6-10H,3-5,11-12H2,1-2H3. The fraction of sp³-hybridized carbons (Fsp3) is 0.500. The van der Waals surface area contributed by atoms with Crippen LogP contribution >= 0.6 is 7.82 Å². The van der Waals surface area contributed by atoms with Gasteiger partial charge in [-0.2, -0.15) is 0 Å². The predicted molar refractivity (Wildman–Crippen MR) is 78.1 cm³/mol. The summed E-state index contributed by atoms with van der Waals surface area (Å²) in [6.45, 7) is 3.58. The Hall–Kier alpha value is -1.36. The minimum atomic E-state index is -3.86. The number of carbonyl (C=O) groups is 1. The van der Waals surface area contributed by atoms with Gasteiger partial charge in [-0.1, -0.05) is 31.5 Å². The summed E-state index contributed by atoms with van der Waals surface area (Å²) in [5.41, 5.74) is 0. The molecule has 0 spiro atoms. The highest BCUT2D eigenvalue weighted by atomic mass is 31.2. The molecule has 6 nitrogen and oxygen atoms in total. The third kappa shape index (κ3) is 7.27. The molecular weight excluding hydrogens is 295 g/mol. The summed E-state index contributed by atoms with van der Waals surface area (Å²) in [7, 11) is -3.86. The van der Waals surface area contributed by atoms with Gasteiger partial charge in [-0.25, -0.2) is 9.36 Å². The van der Waals surface area contributed by atoms with E-state index in [9.17, 15) is 9.36 Å². The summed E-state index contributed by atoms with van der Waals surface area (Å²) < 4.78 is 32.2. The molecule has 0 aliphatic carbocycles. The zero-order valence-corrected chi connectivity index (χ0v) is 13.2. The Kier molecular flexibility index (Phi) is 8.05. The third-order valence-electron chi connectivity index (χ3n) is 2.35. The Balaban J connectivity index is 2.46. The van der Waals surface area contributed by atoms with Crippen LogP contribution in [0.4, 0.5) is 0 Å². The molecule has 1 aromatic carbocycles. The van der Waals surface area contributed by atoms with Crippen LogP contribution in [0.1, 0.15) is 26.7 Å². The number of ether oxygens (including phenoxy) is 1. The first-order chi connectivity index (χ1) is 10.1. The number of rotatable bonds is 10. The first-order valence-corrected chi connectivity index (χ1v) is 8.35. The van der Waals surface area contributed by atoms with E-state index in [-0.39, 0.29) is 19.8 Å². The lowest BCUT2D eigenvalue weighted by Gasteiger charge is -2.16. The fourth-order valence-electron chi connectivity index (χ4n) is 1.38. The zero-order chi connectivity index (χ0) is 15.6. The molecule has 7 heteroatoms. The highest BCUT2D eigenvalue weighted by Gasteiger charge is 2.30. The van der Waals surface area contributed by atoms with Crippen LogP contribution in [-0.2, 0) is 22.9 Å². The average Bonchev–Trinajstić information content (AvgIpc) is 2.47. The predicted octanol–water partition coefficient (Wildman–Crippen LogP) is 3.57. The van der Waals surface area contributed by atoms with Gasteiger partial charge < -0.3 is 9.26 Å². The van der Waals surface area contributed by atoms with E-state index in [0.29, 0.717) is 12.2 Å². The second kappa shape index (κ2) is 9.55. The van der Waals surface area contributed by atoms with Gasteiger partial charge in [0.05, 0.1) is 13.2 Å². The zero-order valence-electron chi connectivity index (χ0n) is 12.3. The van der Waals surface area contributed by atoms with Crippen molar-refractivity contribution in [3.63, 3.8) is 0 Å². The molecule has 21 heavy (non-hydrogen) atoms. The summed E-state index contributed by atoms with van der Waals surface area (Å²) >= 11 is 0. The lowest BCUT2D eigenvalue weighted by molar-refractivity contribution is -0.138. The van der Waals surface area contributed by atoms with Crippen molar-refractivity contribution in [1.29, 1.82) is 0 Å². The number of carbonyl (C=O) groups excluding carboxylic acids is 1. The summed E-state index contributed by atoms with van der Waals surface area (Å²) in [4.78, 5) is 11.7. The molecule has 0 aromatic heterocycles. The van der Waals surface area contributed by atoms with Crippen molar-refractivity contribution in [2.75, 3.05) is 19.8 Å². The number of hydrogen-bond acceptors (Lipinski definition) is 6. The molecule has 0 saturated heterocycles. The van der Waals surface area contributed by atoms with Gasteiger partial charge in [0.1, 0.15) is 5.75 Å². The number of phosphoric acid groups is 1. The van der Waals surface area contributed by atoms with E-state index < -0.39 is 13.8 Å². The Bertz CT molecular complexity index is 462. The number of unbranched alkanes of at least 4 members (excludes halogenated alkanes) is 1. The van der Waals surface area contributed by atoms with Gasteiger partial charge in [0.15, 0.2) is 6.61 Å². The van der Waals surface area contributed by atoms with Gasteiger partial charge in [-0.3, -0.25) is 9.05 Å². The van der Waals surface area contributed by atoms with Crippen molar-refractivity contribution in [3.8, 4) is 5.75 Å². The van der Waals surface area contributed by atoms with Crippen LogP contribution in [-0.4, -0.2) is 25.8 Å². The summed E-state index contributed by atoms with van der Waals surface area (Å²) in [6.07, 6.45) is 1.58. The Morgan fingerprint density at radius 1 is 1.14 bits per heavy atom. The maximum atomic E-state index is 12.2. The van der Waals surface area contributed by atoms with Crippen molar-refractivity contribution >= 4 is 13.8 Å². The highest BCUT2D eigenvalue weighted by Crippen LogP contribution is 2.49. The normalized spacial score (nSPS) is 13.4. The molecule has 0 fully saturated rings. The molecule has 0 radical (unpaired) electrons. The molecular formula is C14H21O6P. The second-order valence-corrected chi connectivity index (χ2v) is 5.71. The maximum Gasteiger partial charge on any atom is 0.532 e. The van der Waals surface area contributed by atoms with Crippen LogP contribution in [0.5, 0.6) is 5.75 Å². The van der Waals surface area contributed by atoms with Crippen LogP contribution in [0.25, 0.3) is 0 Å². The Morgan fingerprint density at radius 2 is 1.86 bits per heavy atom. The molecule has 0 aliphatic heterocycles. The van der Waals surface area contributed by atoms with Crippen LogP contribution < -0.4 is 4.74 Å². The van der Waals surface area contributed by atoms with Gasteiger partial charge in [0.2, 0.25) is 0 Å². The van der Waals surface area contributed by atoms with Gasteiger partial charge >= 0.3 is 13.8 Å². The van der Waals surface area contributed by atoms with E-state index in [0.717, 1.165) is 6.42 Å². The van der Waals surface area contributed by atoms with Crippen LogP contribution in [0.2, 0.25) is 0 Å². The van der Waals surface area contributed by atoms with E-state index in [2.05, 4.69) is 0 Å². The monoisotopic (exact) mass is 316 g/mol. The number of benzene rings is 1. The molecule has 0 amide bonds. The van der Waals surface area contributed by atoms with Crippen molar-refractivity contribution in [3.05, 3.63) is 30.3 Å². The van der Waals surface area contributed by atoms with E-state index in [1.54, 1.807) is 31.2 Å². The molecule has 1 atom stereocenters. The van der Waals surface area contributed by atoms with Crippen LogP contribution in [0.3, 0.4) is 0 Å². The fourth-order valence-corrected chi connectivity index (χ4v) is 2.53. The molecule has 0 N–H and O–H groups in total. The van der Waals surface area contributed by atoms with E-state index in [4.69, 9.17) is 18.3 Å². The highest BCUT2D eigenvalue weighted by molar-refractivity contribution is 7.49. The van der Waals surface area contributed by atoms with Crippen molar-refractivity contribution in [2.45, 2.75) is 26.7 Å². The number of phosphoric ester groups is 1.